The van der Waals surface area contributed by atoms with Gasteiger partial charge in [0.2, 0.25) is 0 Å². The number of hydrogen-bond acceptors (Lipinski definition) is 4. The largest absolute Gasteiger partial charge is 0.481 e. The van der Waals surface area contributed by atoms with Gasteiger partial charge in [0.25, 0.3) is 0 Å². The maximum Gasteiger partial charge on any atom is 0.311 e. The Kier molecular flexibility index (Phi) is 3.68. The summed E-state index contributed by atoms with van der Waals surface area (Å²) in [6, 6.07) is 0. The molecule has 5 nitrogen and oxygen atoms in total. The van der Waals surface area contributed by atoms with Crippen molar-refractivity contribution in [2.24, 2.45) is 5.41 Å². The fourth-order valence-electron chi connectivity index (χ4n) is 2.46. The van der Waals surface area contributed by atoms with Crippen molar-refractivity contribution >= 4 is 11.8 Å². The number of nitrogens with zero attached hydrogens (tertiary/aromatic N) is 3. The molecule has 1 fully saturated rings. The van der Waals surface area contributed by atoms with E-state index in [4.69, 9.17) is 0 Å². The molecule has 2 rings (SSSR count). The number of rotatable bonds is 3. The topological polar surface area (TPSA) is 66.3 Å². The number of aryl methyl sites for hydroxylation is 1. The van der Waals surface area contributed by atoms with Gasteiger partial charge in [-0.15, -0.1) is 0 Å². The third-order valence-corrected chi connectivity index (χ3v) is 3.69. The molecule has 0 saturated carbocycles. The Bertz CT molecular complexity index is 495. The minimum atomic E-state index is -0.845. The maximum absolute atomic E-state index is 14.2. The van der Waals surface area contributed by atoms with Gasteiger partial charge in [0, 0.05) is 13.1 Å². The highest BCUT2D eigenvalue weighted by Crippen LogP contribution is 2.32. The van der Waals surface area contributed by atoms with Gasteiger partial charge in [-0.05, 0) is 26.2 Å². The zero-order valence-corrected chi connectivity index (χ0v) is 11.2. The summed E-state index contributed by atoms with van der Waals surface area (Å²) >= 11 is 0. The number of aromatic nitrogens is 2. The summed E-state index contributed by atoms with van der Waals surface area (Å²) in [5.41, 5.74) is -0.477. The predicted octanol–water partition coefficient (Wildman–Crippen LogP) is 1.87. The van der Waals surface area contributed by atoms with E-state index in [-0.39, 0.29) is 12.4 Å². The summed E-state index contributed by atoms with van der Waals surface area (Å²) < 4.78 is 14.2. The molecule has 1 aliphatic rings. The third kappa shape index (κ3) is 2.52. The van der Waals surface area contributed by atoms with Gasteiger partial charge in [0.15, 0.2) is 11.6 Å². The Balaban J connectivity index is 2.30. The Labute approximate surface area is 111 Å². The quantitative estimate of drug-likeness (QED) is 0.905. The van der Waals surface area contributed by atoms with Crippen molar-refractivity contribution in [3.05, 3.63) is 17.8 Å². The normalized spacial score (nSPS) is 23.4. The monoisotopic (exact) mass is 267 g/mol. The first-order valence-electron chi connectivity index (χ1n) is 6.45. The number of halogens is 1. The molecule has 1 atom stereocenters. The van der Waals surface area contributed by atoms with Gasteiger partial charge in [-0.1, -0.05) is 6.92 Å². The molecule has 1 N–H and O–H groups in total. The summed E-state index contributed by atoms with van der Waals surface area (Å²) in [4.78, 5) is 20.9. The SMILES string of the molecule is CCc1ncnc(N2CCCC(C)(C(=O)O)C2)c1F. The van der Waals surface area contributed by atoms with E-state index in [1.165, 1.54) is 6.33 Å². The average molecular weight is 267 g/mol. The van der Waals surface area contributed by atoms with E-state index in [1.807, 2.05) is 6.92 Å². The molecule has 1 aliphatic heterocycles. The Morgan fingerprint density at radius 3 is 2.95 bits per heavy atom. The molecule has 2 heterocycles. The molecular formula is C13H18FN3O2. The lowest BCUT2D eigenvalue weighted by Crippen LogP contribution is -2.46. The van der Waals surface area contributed by atoms with Crippen LogP contribution in [0.15, 0.2) is 6.33 Å². The molecule has 0 aromatic carbocycles. The van der Waals surface area contributed by atoms with Crippen LogP contribution in [0.5, 0.6) is 0 Å². The second-order valence-corrected chi connectivity index (χ2v) is 5.20. The number of aliphatic carboxylic acids is 1. The van der Waals surface area contributed by atoms with Crippen LogP contribution in [0.1, 0.15) is 32.4 Å². The van der Waals surface area contributed by atoms with Gasteiger partial charge in [0.1, 0.15) is 6.33 Å². The molecule has 0 spiro atoms. The Hall–Kier alpha value is -1.72. The summed E-state index contributed by atoms with van der Waals surface area (Å²) in [7, 11) is 0. The first-order valence-corrected chi connectivity index (χ1v) is 6.45. The molecule has 1 aromatic rings. The Morgan fingerprint density at radius 2 is 2.32 bits per heavy atom. The summed E-state index contributed by atoms with van der Waals surface area (Å²) in [5.74, 6) is -1.05. The first-order chi connectivity index (χ1) is 8.98. The molecule has 0 aliphatic carbocycles. The smallest absolute Gasteiger partial charge is 0.311 e. The summed E-state index contributed by atoms with van der Waals surface area (Å²) in [6.07, 6.45) is 3.15. The van der Waals surface area contributed by atoms with Crippen molar-refractivity contribution < 1.29 is 14.3 Å². The summed E-state index contributed by atoms with van der Waals surface area (Å²) in [5, 5.41) is 9.28. The van der Waals surface area contributed by atoms with Gasteiger partial charge in [0.05, 0.1) is 11.1 Å². The van der Waals surface area contributed by atoms with Crippen LogP contribution in [0, 0.1) is 11.2 Å². The number of piperidine rings is 1. The maximum atomic E-state index is 14.2. The third-order valence-electron chi connectivity index (χ3n) is 3.69. The van der Waals surface area contributed by atoms with Gasteiger partial charge >= 0.3 is 5.97 Å². The molecule has 0 radical (unpaired) electrons. The highest BCUT2D eigenvalue weighted by atomic mass is 19.1. The number of hydrogen-bond donors (Lipinski definition) is 1. The minimum Gasteiger partial charge on any atom is -0.481 e. The molecule has 1 aromatic heterocycles. The number of carboxylic acids is 1. The van der Waals surface area contributed by atoms with Crippen LogP contribution in [0.2, 0.25) is 0 Å². The van der Waals surface area contributed by atoms with E-state index in [2.05, 4.69) is 9.97 Å². The van der Waals surface area contributed by atoms with E-state index in [9.17, 15) is 14.3 Å². The van der Waals surface area contributed by atoms with E-state index < -0.39 is 17.2 Å². The highest BCUT2D eigenvalue weighted by molar-refractivity contribution is 5.75. The van der Waals surface area contributed by atoms with Gasteiger partial charge in [-0.3, -0.25) is 4.79 Å². The molecule has 0 amide bonds. The summed E-state index contributed by atoms with van der Waals surface area (Å²) in [6.45, 7) is 4.42. The number of anilines is 1. The predicted molar refractivity (Wildman–Crippen MR) is 68.6 cm³/mol. The van der Waals surface area contributed by atoms with Crippen LogP contribution in [-0.4, -0.2) is 34.1 Å². The lowest BCUT2D eigenvalue weighted by Gasteiger charge is -2.38. The van der Waals surface area contributed by atoms with E-state index >= 15 is 0 Å². The fraction of sp³-hybridized carbons (Fsp3) is 0.615. The molecule has 1 unspecified atom stereocenters. The van der Waals surface area contributed by atoms with E-state index in [0.29, 0.717) is 31.5 Å². The molecule has 104 valence electrons. The van der Waals surface area contributed by atoms with Crippen LogP contribution in [-0.2, 0) is 11.2 Å². The van der Waals surface area contributed by atoms with Gasteiger partial charge in [-0.2, -0.15) is 0 Å². The van der Waals surface area contributed by atoms with Crippen LogP contribution in [0.3, 0.4) is 0 Å². The first kappa shape index (κ1) is 13.7. The van der Waals surface area contributed by atoms with Crippen molar-refractivity contribution in [3.8, 4) is 0 Å². The molecular weight excluding hydrogens is 249 g/mol. The molecule has 6 heteroatoms. The standard InChI is InChI=1S/C13H18FN3O2/c1-3-9-10(14)11(16-8-15-9)17-6-4-5-13(2,7-17)12(18)19/h8H,3-7H2,1-2H3,(H,18,19). The molecule has 19 heavy (non-hydrogen) atoms. The van der Waals surface area contributed by atoms with Crippen LogP contribution in [0.4, 0.5) is 10.2 Å². The average Bonchev–Trinajstić information content (AvgIpc) is 2.39. The van der Waals surface area contributed by atoms with Crippen molar-refractivity contribution in [3.63, 3.8) is 0 Å². The van der Waals surface area contributed by atoms with E-state index in [0.717, 1.165) is 0 Å². The number of carbonyl (C=O) groups is 1. The second-order valence-electron chi connectivity index (χ2n) is 5.20. The van der Waals surface area contributed by atoms with Gasteiger partial charge in [-0.25, -0.2) is 14.4 Å². The minimum absolute atomic E-state index is 0.221. The second kappa shape index (κ2) is 5.11. The van der Waals surface area contributed by atoms with Crippen molar-refractivity contribution in [2.45, 2.75) is 33.1 Å². The molecule has 1 saturated heterocycles. The zero-order valence-electron chi connectivity index (χ0n) is 11.2. The van der Waals surface area contributed by atoms with E-state index in [1.54, 1.807) is 11.8 Å². The number of carboxylic acid groups (broad SMARTS) is 1. The van der Waals surface area contributed by atoms with Crippen molar-refractivity contribution in [1.29, 1.82) is 0 Å². The zero-order chi connectivity index (χ0) is 14.0. The lowest BCUT2D eigenvalue weighted by atomic mass is 9.82. The highest BCUT2D eigenvalue weighted by Gasteiger charge is 2.39. The molecule has 0 bridgehead atoms. The van der Waals surface area contributed by atoms with Crippen molar-refractivity contribution in [2.75, 3.05) is 18.0 Å². The fourth-order valence-corrected chi connectivity index (χ4v) is 2.46. The van der Waals surface area contributed by atoms with Gasteiger partial charge < -0.3 is 10.0 Å². The van der Waals surface area contributed by atoms with Crippen LogP contribution < -0.4 is 4.90 Å². The lowest BCUT2D eigenvalue weighted by molar-refractivity contribution is -0.148. The Morgan fingerprint density at radius 1 is 1.58 bits per heavy atom. The van der Waals surface area contributed by atoms with Crippen molar-refractivity contribution in [1.82, 2.24) is 9.97 Å². The van der Waals surface area contributed by atoms with Crippen LogP contribution in [0.25, 0.3) is 0 Å². The van der Waals surface area contributed by atoms with Crippen LogP contribution >= 0.6 is 0 Å².